The van der Waals surface area contributed by atoms with Gasteiger partial charge in [0.15, 0.2) is 0 Å². The molecular weight excluding hydrogens is 164 g/mol. The Morgan fingerprint density at radius 3 is 2.54 bits per heavy atom. The first-order valence-electron chi connectivity index (χ1n) is 5.01. The van der Waals surface area contributed by atoms with Crippen LogP contribution in [0.2, 0.25) is 0 Å². The smallest absolute Gasteiger partial charge is 0.219 e. The van der Waals surface area contributed by atoms with Gasteiger partial charge in [0.2, 0.25) is 5.91 Å². The van der Waals surface area contributed by atoms with Crippen LogP contribution >= 0.6 is 0 Å². The summed E-state index contributed by atoms with van der Waals surface area (Å²) >= 11 is 0. The Morgan fingerprint density at radius 2 is 2.15 bits per heavy atom. The van der Waals surface area contributed by atoms with E-state index >= 15 is 0 Å². The molecule has 1 rings (SSSR count). The quantitative estimate of drug-likeness (QED) is 0.638. The van der Waals surface area contributed by atoms with Crippen LogP contribution in [0.1, 0.15) is 26.7 Å². The molecule has 0 bridgehead atoms. The normalized spacial score (nSPS) is 28.5. The van der Waals surface area contributed by atoms with E-state index in [0.717, 1.165) is 19.4 Å². The molecule has 13 heavy (non-hydrogen) atoms. The van der Waals surface area contributed by atoms with Crippen LogP contribution in [-0.4, -0.2) is 48.4 Å². The van der Waals surface area contributed by atoms with Gasteiger partial charge in [-0.15, -0.1) is 0 Å². The number of hydrogen-bond donors (Lipinski definition) is 0. The van der Waals surface area contributed by atoms with Crippen molar-refractivity contribution in [3.8, 4) is 0 Å². The van der Waals surface area contributed by atoms with Gasteiger partial charge in [-0.3, -0.25) is 4.79 Å². The summed E-state index contributed by atoms with van der Waals surface area (Å²) < 4.78 is 0. The lowest BCUT2D eigenvalue weighted by Gasteiger charge is -2.29. The van der Waals surface area contributed by atoms with E-state index in [-0.39, 0.29) is 5.91 Å². The minimum atomic E-state index is 0.219. The summed E-state index contributed by atoms with van der Waals surface area (Å²) in [4.78, 5) is 15.5. The van der Waals surface area contributed by atoms with Gasteiger partial charge in [-0.1, -0.05) is 6.92 Å². The Balaban J connectivity index is 2.68. The summed E-state index contributed by atoms with van der Waals surface area (Å²) in [6.45, 7) is 4.75. The second-order valence-electron chi connectivity index (χ2n) is 4.01. The topological polar surface area (TPSA) is 23.6 Å². The van der Waals surface area contributed by atoms with E-state index in [4.69, 9.17) is 0 Å². The lowest BCUT2D eigenvalue weighted by Crippen LogP contribution is -2.43. The van der Waals surface area contributed by atoms with E-state index in [1.54, 1.807) is 6.92 Å². The number of likely N-dealkylation sites (N-methyl/N-ethyl adjacent to an activating group) is 1. The Bertz CT molecular complexity index is 191. The Morgan fingerprint density at radius 1 is 1.54 bits per heavy atom. The van der Waals surface area contributed by atoms with Crippen LogP contribution < -0.4 is 0 Å². The molecule has 76 valence electrons. The molecule has 1 fully saturated rings. The fourth-order valence-corrected chi connectivity index (χ4v) is 2.32. The van der Waals surface area contributed by atoms with E-state index in [1.165, 1.54) is 0 Å². The number of amides is 1. The summed E-state index contributed by atoms with van der Waals surface area (Å²) in [6, 6.07) is 0.974. The summed E-state index contributed by atoms with van der Waals surface area (Å²) in [5, 5.41) is 0. The highest BCUT2D eigenvalue weighted by Crippen LogP contribution is 2.23. The molecule has 2 atom stereocenters. The molecule has 1 saturated heterocycles. The number of hydrogen-bond acceptors (Lipinski definition) is 2. The molecule has 0 aliphatic carbocycles. The summed E-state index contributed by atoms with van der Waals surface area (Å²) in [7, 11) is 4.19. The molecule has 0 aromatic rings. The Hall–Kier alpha value is -0.570. The van der Waals surface area contributed by atoms with Crippen molar-refractivity contribution in [2.24, 2.45) is 0 Å². The average Bonchev–Trinajstić information content (AvgIpc) is 2.46. The molecule has 2 unspecified atom stereocenters. The monoisotopic (exact) mass is 184 g/mol. The lowest BCUT2D eigenvalue weighted by molar-refractivity contribution is -0.130. The summed E-state index contributed by atoms with van der Waals surface area (Å²) in [6.07, 6.45) is 2.17. The molecule has 3 nitrogen and oxygen atoms in total. The van der Waals surface area contributed by atoms with Gasteiger partial charge >= 0.3 is 0 Å². The zero-order valence-electron chi connectivity index (χ0n) is 9.08. The zero-order valence-corrected chi connectivity index (χ0v) is 9.08. The van der Waals surface area contributed by atoms with Gasteiger partial charge in [-0.25, -0.2) is 0 Å². The molecule has 1 amide bonds. The SMILES string of the molecule is CCC1C(N(C)C)CCN1C(C)=O. The Kier molecular flexibility index (Phi) is 3.31. The van der Waals surface area contributed by atoms with Crippen LogP contribution in [0, 0.1) is 0 Å². The number of carbonyl (C=O) groups excluding carboxylic acids is 1. The van der Waals surface area contributed by atoms with Crippen molar-refractivity contribution >= 4 is 5.91 Å². The van der Waals surface area contributed by atoms with E-state index in [1.807, 2.05) is 4.90 Å². The van der Waals surface area contributed by atoms with Crippen molar-refractivity contribution in [3.63, 3.8) is 0 Å². The molecule has 0 N–H and O–H groups in total. The Labute approximate surface area is 80.7 Å². The minimum Gasteiger partial charge on any atom is -0.338 e. The van der Waals surface area contributed by atoms with Crippen LogP contribution in [-0.2, 0) is 4.79 Å². The number of carbonyl (C=O) groups is 1. The molecule has 0 spiro atoms. The summed E-state index contributed by atoms with van der Waals surface area (Å²) in [5.74, 6) is 0.219. The standard InChI is InChI=1S/C10H20N2O/c1-5-9-10(11(3)4)6-7-12(9)8(2)13/h9-10H,5-7H2,1-4H3. The van der Waals surface area contributed by atoms with Crippen LogP contribution in [0.3, 0.4) is 0 Å². The van der Waals surface area contributed by atoms with Crippen molar-refractivity contribution in [2.45, 2.75) is 38.8 Å². The van der Waals surface area contributed by atoms with E-state index in [9.17, 15) is 4.79 Å². The maximum Gasteiger partial charge on any atom is 0.219 e. The van der Waals surface area contributed by atoms with Gasteiger partial charge < -0.3 is 9.80 Å². The lowest BCUT2D eigenvalue weighted by atomic mass is 10.1. The second kappa shape index (κ2) is 4.09. The van der Waals surface area contributed by atoms with Crippen molar-refractivity contribution in [3.05, 3.63) is 0 Å². The predicted molar refractivity (Wildman–Crippen MR) is 53.6 cm³/mol. The largest absolute Gasteiger partial charge is 0.338 e. The van der Waals surface area contributed by atoms with E-state index in [2.05, 4.69) is 25.9 Å². The number of nitrogens with zero attached hydrogens (tertiary/aromatic N) is 2. The van der Waals surface area contributed by atoms with Crippen LogP contribution in [0.15, 0.2) is 0 Å². The fraction of sp³-hybridized carbons (Fsp3) is 0.900. The third-order valence-corrected chi connectivity index (χ3v) is 3.00. The van der Waals surface area contributed by atoms with Gasteiger partial charge in [0.05, 0.1) is 0 Å². The molecular formula is C10H20N2O. The highest BCUT2D eigenvalue weighted by molar-refractivity contribution is 5.74. The molecule has 3 heteroatoms. The highest BCUT2D eigenvalue weighted by atomic mass is 16.2. The average molecular weight is 184 g/mol. The van der Waals surface area contributed by atoms with Gasteiger partial charge in [0.1, 0.15) is 0 Å². The van der Waals surface area contributed by atoms with Gasteiger partial charge in [0, 0.05) is 25.6 Å². The molecule has 0 aromatic carbocycles. The molecule has 0 aromatic heterocycles. The summed E-state index contributed by atoms with van der Waals surface area (Å²) in [5.41, 5.74) is 0. The second-order valence-corrected chi connectivity index (χ2v) is 4.01. The van der Waals surface area contributed by atoms with Crippen LogP contribution in [0.25, 0.3) is 0 Å². The number of likely N-dealkylation sites (tertiary alicyclic amines) is 1. The molecule has 0 radical (unpaired) electrons. The maximum atomic E-state index is 11.3. The molecule has 1 aliphatic heterocycles. The third-order valence-electron chi connectivity index (χ3n) is 3.00. The van der Waals surface area contributed by atoms with Gasteiger partial charge in [0.25, 0.3) is 0 Å². The van der Waals surface area contributed by atoms with Crippen molar-refractivity contribution in [1.29, 1.82) is 0 Å². The van der Waals surface area contributed by atoms with Crippen LogP contribution in [0.4, 0.5) is 0 Å². The van der Waals surface area contributed by atoms with Crippen molar-refractivity contribution in [2.75, 3.05) is 20.6 Å². The fourth-order valence-electron chi connectivity index (χ4n) is 2.32. The highest BCUT2D eigenvalue weighted by Gasteiger charge is 2.35. The van der Waals surface area contributed by atoms with Gasteiger partial charge in [-0.2, -0.15) is 0 Å². The first-order chi connectivity index (χ1) is 6.07. The zero-order chi connectivity index (χ0) is 10.0. The molecule has 0 saturated carbocycles. The predicted octanol–water partition coefficient (Wildman–Crippen LogP) is 0.947. The van der Waals surface area contributed by atoms with Crippen molar-refractivity contribution in [1.82, 2.24) is 9.80 Å². The van der Waals surface area contributed by atoms with Gasteiger partial charge in [-0.05, 0) is 26.9 Å². The molecule has 1 aliphatic rings. The van der Waals surface area contributed by atoms with Crippen LogP contribution in [0.5, 0.6) is 0 Å². The van der Waals surface area contributed by atoms with Crippen molar-refractivity contribution < 1.29 is 4.79 Å². The first-order valence-corrected chi connectivity index (χ1v) is 5.01. The van der Waals surface area contributed by atoms with E-state index < -0.39 is 0 Å². The third kappa shape index (κ3) is 2.02. The minimum absolute atomic E-state index is 0.219. The molecule has 1 heterocycles. The first kappa shape index (κ1) is 10.5. The maximum absolute atomic E-state index is 11.3. The van der Waals surface area contributed by atoms with E-state index in [0.29, 0.717) is 12.1 Å². The number of rotatable bonds is 2.